The van der Waals surface area contributed by atoms with Crippen LogP contribution in [0.2, 0.25) is 0 Å². The fraction of sp³-hybridized carbons (Fsp3) is 0.235. The lowest BCUT2D eigenvalue weighted by Gasteiger charge is -2.13. The van der Waals surface area contributed by atoms with Gasteiger partial charge in [-0.15, -0.1) is 0 Å². The van der Waals surface area contributed by atoms with Crippen molar-refractivity contribution in [3.63, 3.8) is 0 Å². The molecule has 0 bridgehead atoms. The number of benzene rings is 2. The Morgan fingerprint density at radius 2 is 1.76 bits per heavy atom. The summed E-state index contributed by atoms with van der Waals surface area (Å²) in [6, 6.07) is 12.0. The second-order valence-electron chi connectivity index (χ2n) is 4.98. The number of ether oxygens (including phenoxy) is 2. The minimum Gasteiger partial charge on any atom is -0.496 e. The molecule has 0 atom stereocenters. The average molecular weight is 285 g/mol. The van der Waals surface area contributed by atoms with Crippen molar-refractivity contribution >= 4 is 11.5 Å². The number of nitrogen functional groups attached to an aromatic ring is 1. The second kappa shape index (κ2) is 6.31. The normalized spacial score (nSPS) is 10.5. The van der Waals surface area contributed by atoms with Crippen LogP contribution in [0.3, 0.4) is 0 Å². The zero-order valence-corrected chi connectivity index (χ0v) is 12.4. The SMILES string of the molecule is COc1ccc(OC(C)C)cc1C(=O)c1ccc(N)cc1. The Morgan fingerprint density at radius 3 is 2.33 bits per heavy atom. The van der Waals surface area contributed by atoms with Gasteiger partial charge >= 0.3 is 0 Å². The highest BCUT2D eigenvalue weighted by atomic mass is 16.5. The molecule has 0 aliphatic rings. The van der Waals surface area contributed by atoms with Crippen molar-refractivity contribution in [3.05, 3.63) is 53.6 Å². The lowest BCUT2D eigenvalue weighted by molar-refractivity contribution is 0.103. The summed E-state index contributed by atoms with van der Waals surface area (Å²) in [6.45, 7) is 3.87. The predicted octanol–water partition coefficient (Wildman–Crippen LogP) is 3.30. The van der Waals surface area contributed by atoms with Crippen LogP contribution in [-0.2, 0) is 0 Å². The van der Waals surface area contributed by atoms with E-state index in [-0.39, 0.29) is 11.9 Å². The van der Waals surface area contributed by atoms with Crippen LogP contribution in [0, 0.1) is 0 Å². The van der Waals surface area contributed by atoms with E-state index < -0.39 is 0 Å². The van der Waals surface area contributed by atoms with Crippen molar-refractivity contribution in [1.82, 2.24) is 0 Å². The van der Waals surface area contributed by atoms with E-state index >= 15 is 0 Å². The number of methoxy groups -OCH3 is 1. The summed E-state index contributed by atoms with van der Waals surface area (Å²) in [7, 11) is 1.54. The maximum Gasteiger partial charge on any atom is 0.196 e. The molecule has 110 valence electrons. The van der Waals surface area contributed by atoms with Crippen LogP contribution < -0.4 is 15.2 Å². The van der Waals surface area contributed by atoms with Gasteiger partial charge in [-0.05, 0) is 56.3 Å². The van der Waals surface area contributed by atoms with Crippen LogP contribution in [0.4, 0.5) is 5.69 Å². The van der Waals surface area contributed by atoms with E-state index in [0.29, 0.717) is 28.3 Å². The molecule has 0 unspecified atom stereocenters. The van der Waals surface area contributed by atoms with E-state index in [1.54, 1.807) is 42.5 Å². The molecule has 2 aromatic carbocycles. The minimum absolute atomic E-state index is 0.0397. The van der Waals surface area contributed by atoms with E-state index in [2.05, 4.69) is 0 Å². The summed E-state index contributed by atoms with van der Waals surface area (Å²) < 4.78 is 10.9. The third kappa shape index (κ3) is 3.54. The van der Waals surface area contributed by atoms with Crippen molar-refractivity contribution in [2.75, 3.05) is 12.8 Å². The largest absolute Gasteiger partial charge is 0.496 e. The monoisotopic (exact) mass is 285 g/mol. The second-order valence-corrected chi connectivity index (χ2v) is 4.98. The lowest BCUT2D eigenvalue weighted by Crippen LogP contribution is -2.08. The minimum atomic E-state index is -0.124. The highest BCUT2D eigenvalue weighted by molar-refractivity contribution is 6.11. The molecule has 0 saturated carbocycles. The molecule has 2 aromatic rings. The van der Waals surface area contributed by atoms with Crippen molar-refractivity contribution in [1.29, 1.82) is 0 Å². The predicted molar refractivity (Wildman–Crippen MR) is 83.0 cm³/mol. The molecule has 0 saturated heterocycles. The Labute approximate surface area is 124 Å². The van der Waals surface area contributed by atoms with Gasteiger partial charge in [0.05, 0.1) is 18.8 Å². The number of rotatable bonds is 5. The summed E-state index contributed by atoms with van der Waals surface area (Å²) in [6.07, 6.45) is 0.0397. The van der Waals surface area contributed by atoms with E-state index in [1.807, 2.05) is 13.8 Å². The first-order chi connectivity index (χ1) is 10.0. The number of carbonyl (C=O) groups excluding carboxylic acids is 1. The number of hydrogen-bond donors (Lipinski definition) is 1. The van der Waals surface area contributed by atoms with Crippen LogP contribution in [0.5, 0.6) is 11.5 Å². The first-order valence-electron chi connectivity index (χ1n) is 6.76. The molecule has 0 amide bonds. The van der Waals surface area contributed by atoms with Crippen molar-refractivity contribution in [3.8, 4) is 11.5 Å². The lowest BCUT2D eigenvalue weighted by atomic mass is 10.0. The molecular weight excluding hydrogens is 266 g/mol. The molecule has 0 radical (unpaired) electrons. The summed E-state index contributed by atoms with van der Waals surface area (Å²) in [5, 5.41) is 0. The molecule has 4 nitrogen and oxygen atoms in total. The third-order valence-electron chi connectivity index (χ3n) is 2.96. The van der Waals surface area contributed by atoms with Crippen molar-refractivity contribution < 1.29 is 14.3 Å². The summed E-state index contributed by atoms with van der Waals surface area (Å²) >= 11 is 0. The van der Waals surface area contributed by atoms with Gasteiger partial charge in [0.15, 0.2) is 5.78 Å². The molecule has 0 aliphatic heterocycles. The Balaban J connectivity index is 2.40. The van der Waals surface area contributed by atoms with Crippen LogP contribution in [0.25, 0.3) is 0 Å². The molecule has 0 fully saturated rings. The summed E-state index contributed by atoms with van der Waals surface area (Å²) in [5.74, 6) is 1.04. The quantitative estimate of drug-likeness (QED) is 0.676. The highest BCUT2D eigenvalue weighted by Crippen LogP contribution is 2.27. The number of carbonyl (C=O) groups is 1. The molecular formula is C17H19NO3. The number of hydrogen-bond acceptors (Lipinski definition) is 4. The Hall–Kier alpha value is -2.49. The Kier molecular flexibility index (Phi) is 4.48. The zero-order valence-electron chi connectivity index (χ0n) is 12.4. The molecule has 2 N–H and O–H groups in total. The number of ketones is 1. The van der Waals surface area contributed by atoms with Crippen LogP contribution in [0.1, 0.15) is 29.8 Å². The van der Waals surface area contributed by atoms with Crippen LogP contribution in [0.15, 0.2) is 42.5 Å². The van der Waals surface area contributed by atoms with Crippen molar-refractivity contribution in [2.24, 2.45) is 0 Å². The Morgan fingerprint density at radius 1 is 1.10 bits per heavy atom. The van der Waals surface area contributed by atoms with Gasteiger partial charge in [-0.2, -0.15) is 0 Å². The van der Waals surface area contributed by atoms with Crippen LogP contribution in [-0.4, -0.2) is 19.0 Å². The number of anilines is 1. The third-order valence-corrected chi connectivity index (χ3v) is 2.96. The van der Waals surface area contributed by atoms with Crippen LogP contribution >= 0.6 is 0 Å². The van der Waals surface area contributed by atoms with E-state index in [1.165, 1.54) is 7.11 Å². The first kappa shape index (κ1) is 14.9. The molecule has 0 aliphatic carbocycles. The smallest absolute Gasteiger partial charge is 0.196 e. The fourth-order valence-corrected chi connectivity index (χ4v) is 2.00. The highest BCUT2D eigenvalue weighted by Gasteiger charge is 2.16. The van der Waals surface area contributed by atoms with Gasteiger partial charge in [0.1, 0.15) is 11.5 Å². The number of nitrogens with two attached hydrogens (primary N) is 1. The zero-order chi connectivity index (χ0) is 15.4. The van der Waals surface area contributed by atoms with Gasteiger partial charge in [0, 0.05) is 11.3 Å². The van der Waals surface area contributed by atoms with Gasteiger partial charge in [-0.3, -0.25) is 4.79 Å². The fourth-order valence-electron chi connectivity index (χ4n) is 2.00. The maximum absolute atomic E-state index is 12.6. The maximum atomic E-state index is 12.6. The molecule has 0 heterocycles. The Bertz CT molecular complexity index is 633. The average Bonchev–Trinajstić information content (AvgIpc) is 2.46. The molecule has 21 heavy (non-hydrogen) atoms. The van der Waals surface area contributed by atoms with E-state index in [0.717, 1.165) is 0 Å². The topological polar surface area (TPSA) is 61.5 Å². The van der Waals surface area contributed by atoms with Gasteiger partial charge in [0.2, 0.25) is 0 Å². The molecule has 0 spiro atoms. The van der Waals surface area contributed by atoms with Gasteiger partial charge in [-0.25, -0.2) is 0 Å². The van der Waals surface area contributed by atoms with E-state index in [4.69, 9.17) is 15.2 Å². The van der Waals surface area contributed by atoms with Gasteiger partial charge in [-0.1, -0.05) is 0 Å². The first-order valence-corrected chi connectivity index (χ1v) is 6.76. The summed E-state index contributed by atoms with van der Waals surface area (Å²) in [4.78, 5) is 12.6. The molecule has 4 heteroatoms. The van der Waals surface area contributed by atoms with E-state index in [9.17, 15) is 4.79 Å². The molecule has 2 rings (SSSR count). The van der Waals surface area contributed by atoms with Gasteiger partial charge < -0.3 is 15.2 Å². The molecule has 0 aromatic heterocycles. The van der Waals surface area contributed by atoms with Gasteiger partial charge in [0.25, 0.3) is 0 Å². The van der Waals surface area contributed by atoms with Crippen molar-refractivity contribution in [2.45, 2.75) is 20.0 Å². The standard InChI is InChI=1S/C17H19NO3/c1-11(2)21-14-8-9-16(20-3)15(10-14)17(19)12-4-6-13(18)7-5-12/h4-11H,18H2,1-3H3. The summed E-state index contributed by atoms with van der Waals surface area (Å²) in [5.41, 5.74) is 7.30.